The van der Waals surface area contributed by atoms with Crippen LogP contribution in [0.4, 0.5) is 4.39 Å². The number of hydrogen-bond acceptors (Lipinski definition) is 3. The van der Waals surface area contributed by atoms with Crippen LogP contribution in [-0.4, -0.2) is 37.2 Å². The minimum atomic E-state index is -0.189. The van der Waals surface area contributed by atoms with Crippen LogP contribution < -0.4 is 5.73 Å². The van der Waals surface area contributed by atoms with Crippen molar-refractivity contribution in [1.82, 2.24) is 4.90 Å². The number of rotatable bonds is 3. The van der Waals surface area contributed by atoms with E-state index in [9.17, 15) is 4.39 Å². The Labute approximate surface area is 95.0 Å². The molecule has 3 nitrogen and oxygen atoms in total. The SMILES string of the molecule is NC[C@@H]1CN(Cc2ccc(F)cc2)CCO1. The molecule has 2 N–H and O–H groups in total. The third kappa shape index (κ3) is 3.01. The zero-order valence-corrected chi connectivity index (χ0v) is 9.23. The zero-order valence-electron chi connectivity index (χ0n) is 9.23. The molecule has 4 heteroatoms. The summed E-state index contributed by atoms with van der Waals surface area (Å²) in [5.41, 5.74) is 6.70. The average molecular weight is 224 g/mol. The van der Waals surface area contributed by atoms with Crippen LogP contribution in [0, 0.1) is 5.82 Å². The van der Waals surface area contributed by atoms with Crippen LogP contribution in [0.25, 0.3) is 0 Å². The molecule has 2 rings (SSSR count). The Morgan fingerprint density at radius 1 is 1.38 bits per heavy atom. The summed E-state index contributed by atoms with van der Waals surface area (Å²) in [5.74, 6) is -0.189. The highest BCUT2D eigenvalue weighted by Gasteiger charge is 2.18. The molecule has 1 aromatic rings. The van der Waals surface area contributed by atoms with Gasteiger partial charge in [0.2, 0.25) is 0 Å². The molecular weight excluding hydrogens is 207 g/mol. The van der Waals surface area contributed by atoms with Crippen LogP contribution in [0.1, 0.15) is 5.56 Å². The fraction of sp³-hybridized carbons (Fsp3) is 0.500. The van der Waals surface area contributed by atoms with Crippen molar-refractivity contribution in [3.05, 3.63) is 35.6 Å². The summed E-state index contributed by atoms with van der Waals surface area (Å²) < 4.78 is 18.2. The molecule has 0 unspecified atom stereocenters. The molecule has 1 heterocycles. The summed E-state index contributed by atoms with van der Waals surface area (Å²) in [6.07, 6.45) is 0.134. The maximum absolute atomic E-state index is 12.7. The van der Waals surface area contributed by atoms with Gasteiger partial charge in [0.25, 0.3) is 0 Å². The predicted molar refractivity (Wildman–Crippen MR) is 60.5 cm³/mol. The van der Waals surface area contributed by atoms with Crippen LogP contribution in [0.5, 0.6) is 0 Å². The summed E-state index contributed by atoms with van der Waals surface area (Å²) in [6, 6.07) is 6.64. The summed E-state index contributed by atoms with van der Waals surface area (Å²) in [4.78, 5) is 2.29. The second-order valence-electron chi connectivity index (χ2n) is 4.09. The van der Waals surface area contributed by atoms with Gasteiger partial charge in [0.05, 0.1) is 12.7 Å². The Bertz CT molecular complexity index is 328. The third-order valence-corrected chi connectivity index (χ3v) is 2.81. The molecule has 0 aliphatic carbocycles. The first-order chi connectivity index (χ1) is 7.78. The molecule has 1 aliphatic heterocycles. The summed E-state index contributed by atoms with van der Waals surface area (Å²) in [6.45, 7) is 3.88. The van der Waals surface area contributed by atoms with Crippen molar-refractivity contribution >= 4 is 0 Å². The van der Waals surface area contributed by atoms with E-state index in [-0.39, 0.29) is 11.9 Å². The summed E-state index contributed by atoms with van der Waals surface area (Å²) >= 11 is 0. The number of halogens is 1. The van der Waals surface area contributed by atoms with Crippen molar-refractivity contribution in [1.29, 1.82) is 0 Å². The molecule has 1 atom stereocenters. The largest absolute Gasteiger partial charge is 0.374 e. The Kier molecular flexibility index (Phi) is 3.88. The van der Waals surface area contributed by atoms with Gasteiger partial charge in [0.1, 0.15) is 5.82 Å². The van der Waals surface area contributed by atoms with Gasteiger partial charge in [-0.1, -0.05) is 12.1 Å². The van der Waals surface area contributed by atoms with Gasteiger partial charge in [0.15, 0.2) is 0 Å². The first-order valence-corrected chi connectivity index (χ1v) is 5.56. The van der Waals surface area contributed by atoms with E-state index >= 15 is 0 Å². The number of ether oxygens (including phenoxy) is 1. The van der Waals surface area contributed by atoms with E-state index in [0.29, 0.717) is 6.54 Å². The average Bonchev–Trinajstić information content (AvgIpc) is 2.32. The standard InChI is InChI=1S/C12H17FN2O/c13-11-3-1-10(2-4-11)8-15-5-6-16-12(7-14)9-15/h1-4,12H,5-9,14H2/t12-/m1/s1. The normalized spacial score (nSPS) is 22.2. The maximum atomic E-state index is 12.7. The zero-order chi connectivity index (χ0) is 11.4. The van der Waals surface area contributed by atoms with E-state index < -0.39 is 0 Å². The monoisotopic (exact) mass is 224 g/mol. The molecule has 0 amide bonds. The first-order valence-electron chi connectivity index (χ1n) is 5.56. The van der Waals surface area contributed by atoms with Crippen LogP contribution in [0.2, 0.25) is 0 Å². The molecule has 0 bridgehead atoms. The Hall–Kier alpha value is -0.970. The maximum Gasteiger partial charge on any atom is 0.123 e. The van der Waals surface area contributed by atoms with Crippen LogP contribution >= 0.6 is 0 Å². The van der Waals surface area contributed by atoms with Gasteiger partial charge in [-0.25, -0.2) is 4.39 Å². The van der Waals surface area contributed by atoms with Crippen molar-refractivity contribution < 1.29 is 9.13 Å². The van der Waals surface area contributed by atoms with Gasteiger partial charge in [-0.3, -0.25) is 4.90 Å². The van der Waals surface area contributed by atoms with Gasteiger partial charge in [-0.15, -0.1) is 0 Å². The van der Waals surface area contributed by atoms with E-state index in [2.05, 4.69) is 4.90 Å². The van der Waals surface area contributed by atoms with Crippen LogP contribution in [-0.2, 0) is 11.3 Å². The molecular formula is C12H17FN2O. The molecule has 0 spiro atoms. The van der Waals surface area contributed by atoms with Crippen molar-refractivity contribution in [2.24, 2.45) is 5.73 Å². The fourth-order valence-electron chi connectivity index (χ4n) is 1.91. The lowest BCUT2D eigenvalue weighted by Gasteiger charge is -2.32. The van der Waals surface area contributed by atoms with Crippen molar-refractivity contribution in [3.8, 4) is 0 Å². The Morgan fingerprint density at radius 3 is 2.81 bits per heavy atom. The molecule has 1 aromatic carbocycles. The molecule has 0 radical (unpaired) electrons. The predicted octanol–water partition coefficient (Wildman–Crippen LogP) is 0.985. The lowest BCUT2D eigenvalue weighted by molar-refractivity contribution is -0.0260. The molecule has 0 aromatic heterocycles. The molecule has 1 fully saturated rings. The van der Waals surface area contributed by atoms with Crippen molar-refractivity contribution in [2.75, 3.05) is 26.2 Å². The quantitative estimate of drug-likeness (QED) is 0.832. The second-order valence-corrected chi connectivity index (χ2v) is 4.09. The number of benzene rings is 1. The molecule has 1 aliphatic rings. The van der Waals surface area contributed by atoms with Crippen LogP contribution in [0.3, 0.4) is 0 Å². The third-order valence-electron chi connectivity index (χ3n) is 2.81. The van der Waals surface area contributed by atoms with Gasteiger partial charge < -0.3 is 10.5 Å². The van der Waals surface area contributed by atoms with E-state index in [0.717, 1.165) is 31.8 Å². The number of hydrogen-bond donors (Lipinski definition) is 1. The minimum Gasteiger partial charge on any atom is -0.374 e. The van der Waals surface area contributed by atoms with Gasteiger partial charge >= 0.3 is 0 Å². The molecule has 1 saturated heterocycles. The molecule has 88 valence electrons. The number of morpholine rings is 1. The highest BCUT2D eigenvalue weighted by Crippen LogP contribution is 2.10. The Balaban J connectivity index is 1.91. The second kappa shape index (κ2) is 5.39. The highest BCUT2D eigenvalue weighted by molar-refractivity contribution is 5.15. The smallest absolute Gasteiger partial charge is 0.123 e. The Morgan fingerprint density at radius 2 is 2.12 bits per heavy atom. The lowest BCUT2D eigenvalue weighted by Crippen LogP contribution is -2.45. The number of nitrogens with zero attached hydrogens (tertiary/aromatic N) is 1. The van der Waals surface area contributed by atoms with Gasteiger partial charge in [-0.05, 0) is 17.7 Å². The summed E-state index contributed by atoms with van der Waals surface area (Å²) in [7, 11) is 0. The van der Waals surface area contributed by atoms with Gasteiger partial charge in [-0.2, -0.15) is 0 Å². The van der Waals surface area contributed by atoms with Crippen LogP contribution in [0.15, 0.2) is 24.3 Å². The minimum absolute atomic E-state index is 0.134. The molecule has 0 saturated carbocycles. The van der Waals surface area contributed by atoms with Gasteiger partial charge in [0, 0.05) is 26.2 Å². The first kappa shape index (κ1) is 11.5. The number of nitrogens with two attached hydrogens (primary N) is 1. The van der Waals surface area contributed by atoms with Crippen molar-refractivity contribution in [2.45, 2.75) is 12.6 Å². The van der Waals surface area contributed by atoms with E-state index in [1.165, 1.54) is 12.1 Å². The van der Waals surface area contributed by atoms with Crippen molar-refractivity contribution in [3.63, 3.8) is 0 Å². The van der Waals surface area contributed by atoms with E-state index in [1.54, 1.807) is 0 Å². The lowest BCUT2D eigenvalue weighted by atomic mass is 10.2. The topological polar surface area (TPSA) is 38.5 Å². The summed E-state index contributed by atoms with van der Waals surface area (Å²) in [5, 5.41) is 0. The molecule has 16 heavy (non-hydrogen) atoms. The highest BCUT2D eigenvalue weighted by atomic mass is 19.1. The van der Waals surface area contributed by atoms with E-state index in [4.69, 9.17) is 10.5 Å². The van der Waals surface area contributed by atoms with E-state index in [1.807, 2.05) is 12.1 Å². The fourth-order valence-corrected chi connectivity index (χ4v) is 1.91.